The Bertz CT molecular complexity index is 492. The lowest BCUT2D eigenvalue weighted by Crippen LogP contribution is -2.34. The van der Waals surface area contributed by atoms with Gasteiger partial charge in [-0.05, 0) is 88.9 Å². The highest BCUT2D eigenvalue weighted by molar-refractivity contribution is 5.75. The number of carbonyl (C=O) groups excluding carboxylic acids is 2. The molecular formula is C26H44F2O4. The molecule has 0 aliphatic heterocycles. The van der Waals surface area contributed by atoms with Crippen molar-refractivity contribution in [2.45, 2.75) is 141 Å². The zero-order valence-electron chi connectivity index (χ0n) is 20.2. The van der Waals surface area contributed by atoms with Gasteiger partial charge in [0.15, 0.2) is 12.3 Å². The Morgan fingerprint density at radius 3 is 1.31 bits per heavy atom. The van der Waals surface area contributed by atoms with Gasteiger partial charge in [0.2, 0.25) is 0 Å². The molecule has 0 spiro atoms. The van der Waals surface area contributed by atoms with Gasteiger partial charge in [-0.3, -0.25) is 0 Å². The van der Waals surface area contributed by atoms with E-state index in [9.17, 15) is 18.4 Å². The molecule has 0 amide bonds. The van der Waals surface area contributed by atoms with Crippen LogP contribution in [0.25, 0.3) is 0 Å². The number of ether oxygens (including phenoxy) is 2. The number of halogens is 2. The molecule has 186 valence electrons. The molecule has 6 heteroatoms. The van der Waals surface area contributed by atoms with Gasteiger partial charge in [0, 0.05) is 0 Å². The first-order valence-electron chi connectivity index (χ1n) is 13.1. The Hall–Kier alpha value is -1.20. The van der Waals surface area contributed by atoms with Crippen molar-refractivity contribution < 1.29 is 27.8 Å². The zero-order chi connectivity index (χ0) is 23.3. The predicted octanol–water partition coefficient (Wildman–Crippen LogP) is 7.03. The fourth-order valence-electron chi connectivity index (χ4n) is 5.21. The van der Waals surface area contributed by atoms with Gasteiger partial charge in [-0.1, -0.05) is 39.5 Å². The predicted molar refractivity (Wildman–Crippen MR) is 122 cm³/mol. The Labute approximate surface area is 193 Å². The molecule has 2 aliphatic carbocycles. The quantitative estimate of drug-likeness (QED) is 0.220. The van der Waals surface area contributed by atoms with Crippen molar-refractivity contribution in [1.82, 2.24) is 0 Å². The third kappa shape index (κ3) is 9.35. The van der Waals surface area contributed by atoms with Gasteiger partial charge in [-0.2, -0.15) is 0 Å². The Balaban J connectivity index is 1.62. The summed E-state index contributed by atoms with van der Waals surface area (Å²) in [7, 11) is 0. The first kappa shape index (κ1) is 27.0. The van der Waals surface area contributed by atoms with Gasteiger partial charge >= 0.3 is 11.9 Å². The molecule has 0 radical (unpaired) electrons. The summed E-state index contributed by atoms with van der Waals surface area (Å²) in [6.45, 7) is 4.11. The van der Waals surface area contributed by atoms with Gasteiger partial charge in [0.25, 0.3) is 0 Å². The molecular weight excluding hydrogens is 414 g/mol. The van der Waals surface area contributed by atoms with Crippen molar-refractivity contribution in [3.63, 3.8) is 0 Å². The SMILES string of the molecule is CCCCC[C@@H](F)C(=O)OC1CCC(C2CCC(OC(=O)[C@H](F)CCCCC)CC2)CC1. The third-order valence-corrected chi connectivity index (χ3v) is 7.30. The molecule has 0 heterocycles. The molecule has 2 fully saturated rings. The van der Waals surface area contributed by atoms with Gasteiger partial charge in [-0.25, -0.2) is 18.4 Å². The lowest BCUT2D eigenvalue weighted by molar-refractivity contribution is -0.159. The molecule has 0 unspecified atom stereocenters. The van der Waals surface area contributed by atoms with Crippen molar-refractivity contribution in [3.8, 4) is 0 Å². The third-order valence-electron chi connectivity index (χ3n) is 7.30. The van der Waals surface area contributed by atoms with Crippen LogP contribution in [0.5, 0.6) is 0 Å². The van der Waals surface area contributed by atoms with Gasteiger partial charge in [-0.15, -0.1) is 0 Å². The molecule has 4 nitrogen and oxygen atoms in total. The Morgan fingerprint density at radius 2 is 1.00 bits per heavy atom. The highest BCUT2D eigenvalue weighted by atomic mass is 19.1. The minimum Gasteiger partial charge on any atom is -0.460 e. The smallest absolute Gasteiger partial charge is 0.340 e. The highest BCUT2D eigenvalue weighted by Crippen LogP contribution is 2.39. The lowest BCUT2D eigenvalue weighted by atomic mass is 9.72. The second kappa shape index (κ2) is 14.8. The topological polar surface area (TPSA) is 52.6 Å². The van der Waals surface area contributed by atoms with E-state index in [-0.39, 0.29) is 25.0 Å². The van der Waals surface area contributed by atoms with Crippen LogP contribution in [0.1, 0.15) is 117 Å². The van der Waals surface area contributed by atoms with E-state index < -0.39 is 24.3 Å². The molecule has 0 aromatic rings. The molecule has 2 saturated carbocycles. The maximum atomic E-state index is 14.0. The van der Waals surface area contributed by atoms with Crippen molar-refractivity contribution in [1.29, 1.82) is 0 Å². The molecule has 2 atom stereocenters. The van der Waals surface area contributed by atoms with E-state index in [2.05, 4.69) is 13.8 Å². The van der Waals surface area contributed by atoms with Crippen LogP contribution in [0.3, 0.4) is 0 Å². The summed E-state index contributed by atoms with van der Waals surface area (Å²) in [6.07, 6.45) is 9.72. The van der Waals surface area contributed by atoms with Crippen LogP contribution >= 0.6 is 0 Å². The van der Waals surface area contributed by atoms with Crippen LogP contribution in [0.15, 0.2) is 0 Å². The first-order chi connectivity index (χ1) is 15.4. The maximum absolute atomic E-state index is 14.0. The monoisotopic (exact) mass is 458 g/mol. The fourth-order valence-corrected chi connectivity index (χ4v) is 5.21. The number of hydrogen-bond acceptors (Lipinski definition) is 4. The lowest BCUT2D eigenvalue weighted by Gasteiger charge is -2.37. The summed E-state index contributed by atoms with van der Waals surface area (Å²) in [5.74, 6) is -0.217. The van der Waals surface area contributed by atoms with Crippen LogP contribution in [-0.4, -0.2) is 36.5 Å². The molecule has 2 aliphatic rings. The van der Waals surface area contributed by atoms with Crippen molar-refractivity contribution in [2.75, 3.05) is 0 Å². The van der Waals surface area contributed by atoms with Crippen LogP contribution in [0, 0.1) is 11.8 Å². The van der Waals surface area contributed by atoms with Crippen molar-refractivity contribution >= 4 is 11.9 Å². The second-order valence-electron chi connectivity index (χ2n) is 9.87. The molecule has 0 saturated heterocycles. The number of carbonyl (C=O) groups is 2. The normalized spacial score (nSPS) is 28.0. The van der Waals surface area contributed by atoms with Crippen molar-refractivity contribution in [2.24, 2.45) is 11.8 Å². The second-order valence-corrected chi connectivity index (χ2v) is 9.87. The number of rotatable bonds is 13. The number of alkyl halides is 2. The summed E-state index contributed by atoms with van der Waals surface area (Å²) in [6, 6.07) is 0. The Kier molecular flexibility index (Phi) is 12.6. The molecule has 0 aromatic heterocycles. The van der Waals surface area contributed by atoms with Crippen LogP contribution in [0.2, 0.25) is 0 Å². The maximum Gasteiger partial charge on any atom is 0.340 e. The van der Waals surface area contributed by atoms with E-state index in [1.165, 1.54) is 0 Å². The van der Waals surface area contributed by atoms with Gasteiger partial charge in [0.1, 0.15) is 12.2 Å². The average Bonchev–Trinajstić information content (AvgIpc) is 2.80. The minimum absolute atomic E-state index is 0.158. The summed E-state index contributed by atoms with van der Waals surface area (Å²) in [4.78, 5) is 23.9. The minimum atomic E-state index is -1.49. The molecule has 2 rings (SSSR count). The molecule has 0 bridgehead atoms. The highest BCUT2D eigenvalue weighted by Gasteiger charge is 2.34. The van der Waals surface area contributed by atoms with E-state index in [0.29, 0.717) is 11.8 Å². The van der Waals surface area contributed by atoms with Gasteiger partial charge < -0.3 is 9.47 Å². The zero-order valence-corrected chi connectivity index (χ0v) is 20.2. The van der Waals surface area contributed by atoms with E-state index in [4.69, 9.17) is 9.47 Å². The first-order valence-corrected chi connectivity index (χ1v) is 13.1. The summed E-state index contributed by atoms with van der Waals surface area (Å²) in [5.41, 5.74) is 0. The van der Waals surface area contributed by atoms with E-state index in [1.54, 1.807) is 0 Å². The van der Waals surface area contributed by atoms with Gasteiger partial charge in [0.05, 0.1) is 0 Å². The molecule has 0 aromatic carbocycles. The van der Waals surface area contributed by atoms with E-state index in [1.807, 2.05) is 0 Å². The summed E-state index contributed by atoms with van der Waals surface area (Å²) >= 11 is 0. The van der Waals surface area contributed by atoms with Crippen molar-refractivity contribution in [3.05, 3.63) is 0 Å². The number of hydrogen-bond donors (Lipinski definition) is 0. The summed E-state index contributed by atoms with van der Waals surface area (Å²) < 4.78 is 38.8. The Morgan fingerprint density at radius 1 is 0.656 bits per heavy atom. The standard InChI is InChI=1S/C26H44F2O4/c1-3-5-7-9-23(27)25(29)31-21-15-11-19(12-16-21)20-13-17-22(18-14-20)32-26(30)24(28)10-8-6-4-2/h19-24H,3-18H2,1-2H3/t19?,20?,21?,22?,23-,24-/m1/s1. The van der Waals surface area contributed by atoms with Crippen LogP contribution < -0.4 is 0 Å². The number of unbranched alkanes of at least 4 members (excludes halogenated alkanes) is 4. The van der Waals surface area contributed by atoms with E-state index >= 15 is 0 Å². The van der Waals surface area contributed by atoms with Crippen LogP contribution in [0.4, 0.5) is 8.78 Å². The molecule has 0 N–H and O–H groups in total. The summed E-state index contributed by atoms with van der Waals surface area (Å²) in [5, 5.41) is 0. The average molecular weight is 459 g/mol. The van der Waals surface area contributed by atoms with Crippen LogP contribution in [-0.2, 0) is 19.1 Å². The van der Waals surface area contributed by atoms with E-state index in [0.717, 1.165) is 89.9 Å². The number of esters is 2. The molecule has 32 heavy (non-hydrogen) atoms. The largest absolute Gasteiger partial charge is 0.460 e. The fraction of sp³-hybridized carbons (Fsp3) is 0.923.